The molecule has 1 aromatic rings. The minimum atomic E-state index is -0.0392. The Morgan fingerprint density at radius 2 is 1.00 bits per heavy atom. The smallest absolute Gasteiger partial charge is 0.0638 e. The summed E-state index contributed by atoms with van der Waals surface area (Å²) in [5.41, 5.74) is 7.68. The third-order valence-corrected chi connectivity index (χ3v) is 13.4. The van der Waals surface area contributed by atoms with Gasteiger partial charge in [0.05, 0.1) is 23.4 Å². The van der Waals surface area contributed by atoms with Gasteiger partial charge in [-0.1, -0.05) is 26.0 Å². The van der Waals surface area contributed by atoms with E-state index >= 15 is 0 Å². The molecule has 0 spiro atoms. The van der Waals surface area contributed by atoms with Crippen LogP contribution in [0.15, 0.2) is 12.1 Å². The van der Waals surface area contributed by atoms with Gasteiger partial charge in [0.1, 0.15) is 0 Å². The second kappa shape index (κ2) is 9.32. The van der Waals surface area contributed by atoms with Crippen LogP contribution < -0.4 is 0 Å². The molecule has 4 saturated carbocycles. The lowest BCUT2D eigenvalue weighted by Crippen LogP contribution is -2.47. The van der Waals surface area contributed by atoms with Crippen molar-refractivity contribution in [3.63, 3.8) is 0 Å². The molecule has 0 heterocycles. The van der Waals surface area contributed by atoms with E-state index in [-0.39, 0.29) is 11.2 Å². The summed E-state index contributed by atoms with van der Waals surface area (Å²) < 4.78 is 13.4. The van der Waals surface area contributed by atoms with E-state index in [1.165, 1.54) is 77.0 Å². The summed E-state index contributed by atoms with van der Waals surface area (Å²) in [7, 11) is 0. The lowest BCUT2D eigenvalue weighted by molar-refractivity contribution is -0.125. The van der Waals surface area contributed by atoms with E-state index in [1.807, 2.05) is 0 Å². The Hall–Kier alpha value is -0.860. The summed E-state index contributed by atoms with van der Waals surface area (Å²) in [6.07, 6.45) is 17.0. The van der Waals surface area contributed by atoms with Crippen molar-refractivity contribution in [1.29, 1.82) is 0 Å². The molecule has 6 aliphatic carbocycles. The molecule has 222 valence electrons. The fraction of sp³-hybridized carbons (Fsp3) is 0.842. The van der Waals surface area contributed by atoms with E-state index in [2.05, 4.69) is 67.5 Å². The molecular weight excluding hydrogens is 488 g/mol. The first-order valence-electron chi connectivity index (χ1n) is 17.3. The quantitative estimate of drug-likeness (QED) is 0.367. The first kappa shape index (κ1) is 27.9. The van der Waals surface area contributed by atoms with Crippen molar-refractivity contribution >= 4 is 0 Å². The van der Waals surface area contributed by atoms with Crippen LogP contribution in [0.1, 0.15) is 154 Å². The zero-order chi connectivity index (χ0) is 28.2. The van der Waals surface area contributed by atoms with Gasteiger partial charge in [-0.2, -0.15) is 0 Å². The van der Waals surface area contributed by atoms with Crippen molar-refractivity contribution in [3.05, 3.63) is 34.4 Å². The highest BCUT2D eigenvalue weighted by molar-refractivity contribution is 5.46. The van der Waals surface area contributed by atoms with Gasteiger partial charge in [-0.15, -0.1) is 0 Å². The molecule has 2 nitrogen and oxygen atoms in total. The van der Waals surface area contributed by atoms with Crippen LogP contribution in [0.25, 0.3) is 0 Å². The highest BCUT2D eigenvalue weighted by atomic mass is 16.5. The van der Waals surface area contributed by atoms with Gasteiger partial charge in [0.2, 0.25) is 0 Å². The number of ether oxygens (including phenoxy) is 2. The first-order valence-corrected chi connectivity index (χ1v) is 17.3. The van der Waals surface area contributed by atoms with Crippen LogP contribution in [-0.4, -0.2) is 23.4 Å². The van der Waals surface area contributed by atoms with Crippen LogP contribution in [0, 0.1) is 34.5 Å². The van der Waals surface area contributed by atoms with E-state index < -0.39 is 0 Å². The second-order valence-electron chi connectivity index (χ2n) is 17.8. The molecule has 0 saturated heterocycles. The fourth-order valence-corrected chi connectivity index (χ4v) is 11.8. The normalized spacial score (nSPS) is 44.2. The fourth-order valence-electron chi connectivity index (χ4n) is 11.8. The summed E-state index contributed by atoms with van der Waals surface area (Å²) in [6, 6.07) is 5.54. The molecule has 0 N–H and O–H groups in total. The van der Waals surface area contributed by atoms with Crippen LogP contribution >= 0.6 is 0 Å². The highest BCUT2D eigenvalue weighted by Gasteiger charge is 2.58. The molecule has 7 rings (SSSR count). The molecule has 0 bridgehead atoms. The third kappa shape index (κ3) is 4.39. The van der Waals surface area contributed by atoms with Crippen LogP contribution in [-0.2, 0) is 22.3 Å². The Morgan fingerprint density at radius 1 is 0.575 bits per heavy atom. The van der Waals surface area contributed by atoms with Crippen molar-refractivity contribution in [2.75, 3.05) is 0 Å². The summed E-state index contributed by atoms with van der Waals surface area (Å²) in [6.45, 7) is 18.7. The van der Waals surface area contributed by atoms with E-state index in [0.717, 1.165) is 35.5 Å². The zero-order valence-corrected chi connectivity index (χ0v) is 27.1. The predicted molar refractivity (Wildman–Crippen MR) is 165 cm³/mol. The molecule has 0 aromatic heterocycles. The molecule has 40 heavy (non-hydrogen) atoms. The molecule has 0 aliphatic heterocycles. The predicted octanol–water partition coefficient (Wildman–Crippen LogP) is 9.77. The number of benzene rings is 1. The summed E-state index contributed by atoms with van der Waals surface area (Å²) in [5, 5.41) is 0. The molecule has 0 radical (unpaired) electrons. The number of fused-ring (bicyclic) bond motifs is 10. The van der Waals surface area contributed by atoms with Crippen LogP contribution in [0.3, 0.4) is 0 Å². The van der Waals surface area contributed by atoms with Gasteiger partial charge in [0, 0.05) is 0 Å². The number of aryl methyl sites for hydroxylation is 2. The molecule has 0 amide bonds. The van der Waals surface area contributed by atoms with Gasteiger partial charge in [0.25, 0.3) is 0 Å². The van der Waals surface area contributed by atoms with Gasteiger partial charge in [0.15, 0.2) is 0 Å². The Morgan fingerprint density at radius 3 is 1.40 bits per heavy atom. The van der Waals surface area contributed by atoms with Crippen molar-refractivity contribution in [1.82, 2.24) is 0 Å². The van der Waals surface area contributed by atoms with Gasteiger partial charge in [-0.25, -0.2) is 0 Å². The summed E-state index contributed by atoms with van der Waals surface area (Å²) in [4.78, 5) is 0. The SMILES string of the molecule is CC(C)(C)O[C@H]1CC[C@H]2[C@@H]3CCc4cc5c(cc4[C@@H]3CC[C@]12C)[C@@H]1CC[C@]2(C)[C@@H](OC(C)(C)C)CC[C@H]2[C@@H]1CC5. The summed E-state index contributed by atoms with van der Waals surface area (Å²) in [5.74, 6) is 4.96. The van der Waals surface area contributed by atoms with E-state index in [9.17, 15) is 0 Å². The van der Waals surface area contributed by atoms with Gasteiger partial charge in [-0.05, 0) is 187 Å². The van der Waals surface area contributed by atoms with Gasteiger partial charge < -0.3 is 9.47 Å². The van der Waals surface area contributed by atoms with Crippen LogP contribution in [0.2, 0.25) is 0 Å². The molecule has 10 atom stereocenters. The van der Waals surface area contributed by atoms with E-state index in [1.54, 1.807) is 22.3 Å². The maximum atomic E-state index is 6.72. The van der Waals surface area contributed by atoms with E-state index in [0.29, 0.717) is 23.0 Å². The van der Waals surface area contributed by atoms with Crippen molar-refractivity contribution in [3.8, 4) is 0 Å². The molecular formula is C38H58O2. The molecule has 6 aliphatic rings. The average Bonchev–Trinajstić information content (AvgIpc) is 3.37. The largest absolute Gasteiger partial charge is 0.372 e. The van der Waals surface area contributed by atoms with Crippen molar-refractivity contribution < 1.29 is 9.47 Å². The van der Waals surface area contributed by atoms with Crippen LogP contribution in [0.4, 0.5) is 0 Å². The number of hydrogen-bond acceptors (Lipinski definition) is 2. The molecule has 4 fully saturated rings. The monoisotopic (exact) mass is 546 g/mol. The third-order valence-electron chi connectivity index (χ3n) is 13.4. The molecule has 2 heteroatoms. The Bertz CT molecular complexity index is 1050. The highest BCUT2D eigenvalue weighted by Crippen LogP contribution is 2.64. The molecule has 0 unspecified atom stereocenters. The van der Waals surface area contributed by atoms with Crippen molar-refractivity contribution in [2.24, 2.45) is 34.5 Å². The topological polar surface area (TPSA) is 18.5 Å². The zero-order valence-electron chi connectivity index (χ0n) is 27.1. The van der Waals surface area contributed by atoms with Gasteiger partial charge >= 0.3 is 0 Å². The molecule has 1 aromatic carbocycles. The minimum absolute atomic E-state index is 0.0392. The first-order chi connectivity index (χ1) is 18.8. The lowest BCUT2D eigenvalue weighted by atomic mass is 9.53. The van der Waals surface area contributed by atoms with Crippen LogP contribution in [0.5, 0.6) is 0 Å². The second-order valence-corrected chi connectivity index (χ2v) is 17.8. The maximum Gasteiger partial charge on any atom is 0.0638 e. The number of hydrogen-bond donors (Lipinski definition) is 0. The summed E-state index contributed by atoms with van der Waals surface area (Å²) >= 11 is 0. The van der Waals surface area contributed by atoms with E-state index in [4.69, 9.17) is 9.47 Å². The Kier molecular flexibility index (Phi) is 6.51. The average molecular weight is 547 g/mol. The Balaban J connectivity index is 1.15. The number of rotatable bonds is 2. The van der Waals surface area contributed by atoms with Gasteiger partial charge in [-0.3, -0.25) is 0 Å². The van der Waals surface area contributed by atoms with Crippen molar-refractivity contribution in [2.45, 2.75) is 168 Å². The maximum absolute atomic E-state index is 6.72. The standard InChI is InChI=1S/C38H58O2/c1-35(2,3)39-33-15-13-31-27-11-9-23-21-24-10-12-28-26(30(24)22-29(23)25(27)17-19-37(31,33)7)18-20-38(8)32(28)14-16-34(38)40-36(4,5)6/h21-22,25-28,31-34H,9-20H2,1-8H3/t25-,26-,27-,28-,31+,32+,33+,34+,37+,38+/m1/s1. The lowest BCUT2D eigenvalue weighted by Gasteiger charge is -2.53. The Labute approximate surface area is 245 Å². The minimum Gasteiger partial charge on any atom is -0.372 e.